The largest absolute Gasteiger partial charge is 0.493 e. The van der Waals surface area contributed by atoms with Gasteiger partial charge in [0.25, 0.3) is 0 Å². The molecular weight excluding hydrogens is 336 g/mol. The van der Waals surface area contributed by atoms with E-state index in [-0.39, 0.29) is 0 Å². The SMILES string of the molecule is COCCOc1cc2ncnc(Oc3cccc(NN)c3)c2cc1OC. The number of aromatic nitrogens is 2. The molecule has 0 unspecified atom stereocenters. The van der Waals surface area contributed by atoms with Gasteiger partial charge in [-0.15, -0.1) is 0 Å². The van der Waals surface area contributed by atoms with Gasteiger partial charge in [-0.25, -0.2) is 9.97 Å². The van der Waals surface area contributed by atoms with Gasteiger partial charge in [0, 0.05) is 19.2 Å². The van der Waals surface area contributed by atoms with Gasteiger partial charge in [0.1, 0.15) is 18.7 Å². The molecule has 0 amide bonds. The number of rotatable bonds is 8. The summed E-state index contributed by atoms with van der Waals surface area (Å²) in [5.41, 5.74) is 3.99. The first-order valence-electron chi connectivity index (χ1n) is 7.94. The summed E-state index contributed by atoms with van der Waals surface area (Å²) in [5.74, 6) is 7.58. The van der Waals surface area contributed by atoms with E-state index in [0.717, 1.165) is 5.69 Å². The second-order valence-corrected chi connectivity index (χ2v) is 5.31. The molecule has 0 aliphatic heterocycles. The predicted molar refractivity (Wildman–Crippen MR) is 97.8 cm³/mol. The van der Waals surface area contributed by atoms with Crippen LogP contribution in [0.4, 0.5) is 5.69 Å². The Kier molecular flexibility index (Phi) is 5.67. The van der Waals surface area contributed by atoms with E-state index in [2.05, 4.69) is 15.4 Å². The minimum absolute atomic E-state index is 0.408. The number of methoxy groups -OCH3 is 2. The van der Waals surface area contributed by atoms with Crippen molar-refractivity contribution in [3.63, 3.8) is 0 Å². The molecule has 136 valence electrons. The van der Waals surface area contributed by atoms with Crippen molar-refractivity contribution in [2.24, 2.45) is 5.84 Å². The normalized spacial score (nSPS) is 10.6. The number of hydrogen-bond acceptors (Lipinski definition) is 8. The summed E-state index contributed by atoms with van der Waals surface area (Å²) in [5, 5.41) is 0.703. The van der Waals surface area contributed by atoms with Crippen molar-refractivity contribution >= 4 is 16.6 Å². The van der Waals surface area contributed by atoms with E-state index in [4.69, 9.17) is 24.8 Å². The van der Waals surface area contributed by atoms with E-state index in [9.17, 15) is 0 Å². The lowest BCUT2D eigenvalue weighted by Crippen LogP contribution is -2.06. The van der Waals surface area contributed by atoms with Crippen LogP contribution in [0.3, 0.4) is 0 Å². The molecule has 0 spiro atoms. The molecule has 26 heavy (non-hydrogen) atoms. The Labute approximate surface area is 150 Å². The molecule has 3 rings (SSSR count). The first-order valence-corrected chi connectivity index (χ1v) is 7.94. The molecule has 3 N–H and O–H groups in total. The second kappa shape index (κ2) is 8.32. The van der Waals surface area contributed by atoms with Gasteiger partial charge in [-0.2, -0.15) is 0 Å². The summed E-state index contributed by atoms with van der Waals surface area (Å²) in [4.78, 5) is 8.53. The number of hydrazine groups is 1. The Morgan fingerprint density at radius 3 is 2.69 bits per heavy atom. The maximum absolute atomic E-state index is 5.91. The van der Waals surface area contributed by atoms with Gasteiger partial charge in [-0.1, -0.05) is 6.07 Å². The summed E-state index contributed by atoms with van der Waals surface area (Å²) in [6, 6.07) is 10.8. The van der Waals surface area contributed by atoms with Gasteiger partial charge < -0.3 is 24.4 Å². The fourth-order valence-electron chi connectivity index (χ4n) is 2.39. The van der Waals surface area contributed by atoms with Crippen molar-refractivity contribution in [1.29, 1.82) is 0 Å². The molecule has 0 saturated heterocycles. The number of hydrogen-bond donors (Lipinski definition) is 2. The first-order chi connectivity index (χ1) is 12.7. The van der Waals surface area contributed by atoms with Gasteiger partial charge in [-0.05, 0) is 18.2 Å². The molecule has 0 fully saturated rings. The van der Waals surface area contributed by atoms with Crippen LogP contribution >= 0.6 is 0 Å². The highest BCUT2D eigenvalue weighted by molar-refractivity contribution is 5.87. The average Bonchev–Trinajstić information content (AvgIpc) is 2.68. The topological polar surface area (TPSA) is 101 Å². The number of nitrogens with one attached hydrogen (secondary N) is 1. The van der Waals surface area contributed by atoms with Crippen LogP contribution in [-0.2, 0) is 4.74 Å². The highest BCUT2D eigenvalue weighted by atomic mass is 16.5. The van der Waals surface area contributed by atoms with Crippen molar-refractivity contribution in [3.8, 4) is 23.1 Å². The van der Waals surface area contributed by atoms with E-state index in [1.165, 1.54) is 6.33 Å². The van der Waals surface area contributed by atoms with Gasteiger partial charge in [0.15, 0.2) is 11.5 Å². The standard InChI is InChI=1S/C18H20N4O4/c1-23-6-7-25-17-10-15-14(9-16(17)24-2)18(21-11-20-15)26-13-5-3-4-12(8-13)22-19/h3-5,8-11,22H,6-7,19H2,1-2H3. The molecule has 3 aromatic rings. The number of benzene rings is 2. The minimum Gasteiger partial charge on any atom is -0.493 e. The molecular formula is C18H20N4O4. The molecule has 0 saturated carbocycles. The monoisotopic (exact) mass is 356 g/mol. The van der Waals surface area contributed by atoms with Gasteiger partial charge in [0.05, 0.1) is 30.3 Å². The predicted octanol–water partition coefficient (Wildman–Crippen LogP) is 2.74. The van der Waals surface area contributed by atoms with E-state index >= 15 is 0 Å². The van der Waals surface area contributed by atoms with Gasteiger partial charge in [0.2, 0.25) is 5.88 Å². The maximum atomic E-state index is 5.91. The third kappa shape index (κ3) is 3.93. The second-order valence-electron chi connectivity index (χ2n) is 5.31. The molecule has 0 bridgehead atoms. The maximum Gasteiger partial charge on any atom is 0.230 e. The number of nitrogens with zero attached hydrogens (tertiary/aromatic N) is 2. The Morgan fingerprint density at radius 1 is 1.04 bits per heavy atom. The zero-order chi connectivity index (χ0) is 18.4. The van der Waals surface area contributed by atoms with Crippen LogP contribution in [0.1, 0.15) is 0 Å². The van der Waals surface area contributed by atoms with Crippen molar-refractivity contribution in [2.75, 3.05) is 32.9 Å². The summed E-state index contributed by atoms with van der Waals surface area (Å²) < 4.78 is 22.0. The van der Waals surface area contributed by atoms with E-state index in [0.29, 0.717) is 47.2 Å². The highest BCUT2D eigenvalue weighted by Crippen LogP contribution is 2.36. The lowest BCUT2D eigenvalue weighted by atomic mass is 10.2. The van der Waals surface area contributed by atoms with Crippen LogP contribution in [0, 0.1) is 0 Å². The number of fused-ring (bicyclic) bond motifs is 1. The number of nitrogen functional groups attached to an aromatic ring is 1. The summed E-state index contributed by atoms with van der Waals surface area (Å²) in [6.45, 7) is 0.885. The molecule has 8 nitrogen and oxygen atoms in total. The van der Waals surface area contributed by atoms with Gasteiger partial charge in [-0.3, -0.25) is 5.84 Å². The summed E-state index contributed by atoms with van der Waals surface area (Å²) in [7, 11) is 3.19. The van der Waals surface area contributed by atoms with Crippen LogP contribution in [0.25, 0.3) is 10.9 Å². The quantitative estimate of drug-likeness (QED) is 0.361. The lowest BCUT2D eigenvalue weighted by Gasteiger charge is -2.13. The molecule has 2 aromatic carbocycles. The molecule has 1 aromatic heterocycles. The van der Waals surface area contributed by atoms with Crippen molar-refractivity contribution in [3.05, 3.63) is 42.7 Å². The molecule has 0 radical (unpaired) electrons. The molecule has 0 atom stereocenters. The highest BCUT2D eigenvalue weighted by Gasteiger charge is 2.13. The molecule has 0 aliphatic rings. The molecule has 1 heterocycles. The van der Waals surface area contributed by atoms with E-state index in [1.54, 1.807) is 32.4 Å². The van der Waals surface area contributed by atoms with Crippen LogP contribution in [0.2, 0.25) is 0 Å². The summed E-state index contributed by atoms with van der Waals surface area (Å²) in [6.07, 6.45) is 1.44. The Bertz CT molecular complexity index is 888. The first kappa shape index (κ1) is 17.7. The van der Waals surface area contributed by atoms with Crippen molar-refractivity contribution in [1.82, 2.24) is 9.97 Å². The van der Waals surface area contributed by atoms with Crippen LogP contribution in [0.5, 0.6) is 23.1 Å². The Hall–Kier alpha value is -3.10. The van der Waals surface area contributed by atoms with Crippen molar-refractivity contribution in [2.45, 2.75) is 0 Å². The van der Waals surface area contributed by atoms with Crippen LogP contribution < -0.4 is 25.5 Å². The third-order valence-corrected chi connectivity index (χ3v) is 3.64. The summed E-state index contributed by atoms with van der Waals surface area (Å²) >= 11 is 0. The number of ether oxygens (including phenoxy) is 4. The molecule has 0 aliphatic carbocycles. The van der Waals surface area contributed by atoms with E-state index < -0.39 is 0 Å². The number of anilines is 1. The lowest BCUT2D eigenvalue weighted by molar-refractivity contribution is 0.144. The molecule has 8 heteroatoms. The zero-order valence-electron chi connectivity index (χ0n) is 14.6. The van der Waals surface area contributed by atoms with Crippen molar-refractivity contribution < 1.29 is 18.9 Å². The van der Waals surface area contributed by atoms with Crippen LogP contribution in [0.15, 0.2) is 42.7 Å². The fourth-order valence-corrected chi connectivity index (χ4v) is 2.39. The Balaban J connectivity index is 1.95. The Morgan fingerprint density at radius 2 is 1.92 bits per heavy atom. The van der Waals surface area contributed by atoms with Gasteiger partial charge >= 0.3 is 0 Å². The third-order valence-electron chi connectivity index (χ3n) is 3.64. The fraction of sp³-hybridized carbons (Fsp3) is 0.222. The van der Waals surface area contributed by atoms with Crippen LogP contribution in [-0.4, -0.2) is 37.4 Å². The minimum atomic E-state index is 0.408. The average molecular weight is 356 g/mol. The number of nitrogens with two attached hydrogens (primary N) is 1. The van der Waals surface area contributed by atoms with E-state index in [1.807, 2.05) is 18.2 Å². The smallest absolute Gasteiger partial charge is 0.230 e. The zero-order valence-corrected chi connectivity index (χ0v) is 14.6.